The molecular formula is C9H14ClN. The lowest BCUT2D eigenvalue weighted by molar-refractivity contribution is 0.711. The molecular weight excluding hydrogens is 158 g/mol. The highest BCUT2D eigenvalue weighted by molar-refractivity contribution is 6.31. The van der Waals surface area contributed by atoms with E-state index in [0.717, 1.165) is 11.5 Å². The van der Waals surface area contributed by atoms with Gasteiger partial charge in [-0.15, -0.1) is 0 Å². The first-order valence-electron chi connectivity index (χ1n) is 4.03. The van der Waals surface area contributed by atoms with Crippen LogP contribution in [-0.4, -0.2) is 12.3 Å². The lowest BCUT2D eigenvalue weighted by atomic mass is 9.99. The second kappa shape index (κ2) is 3.40. The predicted molar refractivity (Wildman–Crippen MR) is 50.3 cm³/mol. The van der Waals surface area contributed by atoms with Crippen LogP contribution in [0.15, 0.2) is 15.6 Å². The summed E-state index contributed by atoms with van der Waals surface area (Å²) in [5.74, 6) is 0.499. The van der Waals surface area contributed by atoms with Crippen molar-refractivity contribution in [1.82, 2.24) is 0 Å². The van der Waals surface area contributed by atoms with Gasteiger partial charge in [0.2, 0.25) is 0 Å². The molecule has 1 aliphatic heterocycles. The van der Waals surface area contributed by atoms with E-state index in [0.29, 0.717) is 12.0 Å². The minimum Gasteiger partial charge on any atom is -0.289 e. The van der Waals surface area contributed by atoms with Crippen LogP contribution in [0.4, 0.5) is 0 Å². The van der Waals surface area contributed by atoms with Crippen molar-refractivity contribution < 1.29 is 0 Å². The van der Waals surface area contributed by atoms with Gasteiger partial charge in [0.05, 0.1) is 6.04 Å². The number of rotatable bonds is 1. The fourth-order valence-corrected chi connectivity index (χ4v) is 1.66. The third-order valence-electron chi connectivity index (χ3n) is 1.88. The number of hydrogen-bond acceptors (Lipinski definition) is 1. The molecule has 0 bridgehead atoms. The van der Waals surface area contributed by atoms with Gasteiger partial charge in [0.15, 0.2) is 0 Å². The zero-order valence-electron chi connectivity index (χ0n) is 7.26. The SMILES string of the molecule is CC1CC(Cl)=C(C(C)C)C=N1. The third-order valence-corrected chi connectivity index (χ3v) is 2.25. The van der Waals surface area contributed by atoms with Crippen molar-refractivity contribution in [3.63, 3.8) is 0 Å². The Hall–Kier alpha value is -0.300. The van der Waals surface area contributed by atoms with Crippen LogP contribution < -0.4 is 0 Å². The van der Waals surface area contributed by atoms with Crippen molar-refractivity contribution in [2.45, 2.75) is 33.2 Å². The maximum absolute atomic E-state index is 6.06. The molecule has 0 saturated heterocycles. The van der Waals surface area contributed by atoms with E-state index in [-0.39, 0.29) is 0 Å². The number of dihydropyridines is 1. The number of aliphatic imine (C=N–C) groups is 1. The van der Waals surface area contributed by atoms with Gasteiger partial charge in [-0.1, -0.05) is 25.4 Å². The zero-order chi connectivity index (χ0) is 8.43. The first-order chi connectivity index (χ1) is 5.11. The van der Waals surface area contributed by atoms with Gasteiger partial charge in [0.1, 0.15) is 0 Å². The summed E-state index contributed by atoms with van der Waals surface area (Å²) in [6, 6.07) is 0.366. The molecule has 1 atom stereocenters. The minimum atomic E-state index is 0.366. The molecule has 0 saturated carbocycles. The molecule has 0 aromatic heterocycles. The van der Waals surface area contributed by atoms with Crippen LogP contribution in [-0.2, 0) is 0 Å². The van der Waals surface area contributed by atoms with E-state index in [4.69, 9.17) is 11.6 Å². The maximum atomic E-state index is 6.06. The van der Waals surface area contributed by atoms with Crippen LogP contribution >= 0.6 is 11.6 Å². The Bertz CT molecular complexity index is 204. The molecule has 0 aromatic rings. The van der Waals surface area contributed by atoms with E-state index in [2.05, 4.69) is 25.8 Å². The predicted octanol–water partition coefficient (Wildman–Crippen LogP) is 3.00. The molecule has 1 rings (SSSR count). The van der Waals surface area contributed by atoms with Crippen molar-refractivity contribution in [3.8, 4) is 0 Å². The van der Waals surface area contributed by atoms with Crippen LogP contribution in [0.2, 0.25) is 0 Å². The minimum absolute atomic E-state index is 0.366. The average molecular weight is 172 g/mol. The smallest absolute Gasteiger partial charge is 0.0520 e. The van der Waals surface area contributed by atoms with Crippen molar-refractivity contribution >= 4 is 17.8 Å². The molecule has 0 spiro atoms. The number of nitrogens with zero attached hydrogens (tertiary/aromatic N) is 1. The Morgan fingerprint density at radius 1 is 1.64 bits per heavy atom. The largest absolute Gasteiger partial charge is 0.289 e. The molecule has 11 heavy (non-hydrogen) atoms. The first kappa shape index (κ1) is 8.79. The highest BCUT2D eigenvalue weighted by Gasteiger charge is 2.14. The lowest BCUT2D eigenvalue weighted by Gasteiger charge is -2.17. The van der Waals surface area contributed by atoms with Gasteiger partial charge >= 0.3 is 0 Å². The van der Waals surface area contributed by atoms with Gasteiger partial charge in [-0.05, 0) is 18.4 Å². The van der Waals surface area contributed by atoms with Crippen LogP contribution in [0, 0.1) is 5.92 Å². The second-order valence-corrected chi connectivity index (χ2v) is 3.80. The molecule has 2 heteroatoms. The maximum Gasteiger partial charge on any atom is 0.0520 e. The molecule has 0 radical (unpaired) electrons. The molecule has 0 aromatic carbocycles. The Morgan fingerprint density at radius 3 is 2.73 bits per heavy atom. The van der Waals surface area contributed by atoms with E-state index in [9.17, 15) is 0 Å². The van der Waals surface area contributed by atoms with Gasteiger partial charge in [0.25, 0.3) is 0 Å². The Kier molecular flexibility index (Phi) is 2.72. The number of hydrogen-bond donors (Lipinski definition) is 0. The monoisotopic (exact) mass is 171 g/mol. The van der Waals surface area contributed by atoms with Crippen molar-refractivity contribution in [1.29, 1.82) is 0 Å². The van der Waals surface area contributed by atoms with E-state index in [1.54, 1.807) is 0 Å². The van der Waals surface area contributed by atoms with E-state index in [1.807, 2.05) is 6.21 Å². The standard InChI is InChI=1S/C9H14ClN/c1-6(2)8-5-11-7(3)4-9(8)10/h5-7H,4H2,1-3H3. The van der Waals surface area contributed by atoms with Gasteiger partial charge in [-0.3, -0.25) is 4.99 Å². The normalized spacial score (nSPS) is 25.0. The highest BCUT2D eigenvalue weighted by Crippen LogP contribution is 2.25. The van der Waals surface area contributed by atoms with E-state index in [1.165, 1.54) is 5.57 Å². The Morgan fingerprint density at radius 2 is 2.27 bits per heavy atom. The summed E-state index contributed by atoms with van der Waals surface area (Å²) in [5, 5.41) is 0.988. The molecule has 0 aliphatic carbocycles. The summed E-state index contributed by atoms with van der Waals surface area (Å²) in [5.41, 5.74) is 1.20. The lowest BCUT2D eigenvalue weighted by Crippen LogP contribution is -2.10. The Labute approximate surface area is 73.2 Å². The fraction of sp³-hybridized carbons (Fsp3) is 0.667. The number of allylic oxidation sites excluding steroid dienone is 1. The molecule has 0 N–H and O–H groups in total. The molecule has 0 fully saturated rings. The summed E-state index contributed by atoms with van der Waals surface area (Å²) in [7, 11) is 0. The van der Waals surface area contributed by atoms with Crippen LogP contribution in [0.5, 0.6) is 0 Å². The summed E-state index contributed by atoms with van der Waals surface area (Å²) in [4.78, 5) is 4.32. The van der Waals surface area contributed by atoms with Gasteiger partial charge < -0.3 is 0 Å². The quantitative estimate of drug-likeness (QED) is 0.575. The van der Waals surface area contributed by atoms with Gasteiger partial charge in [0, 0.05) is 17.7 Å². The van der Waals surface area contributed by atoms with Crippen molar-refractivity contribution in [2.75, 3.05) is 0 Å². The molecule has 1 heterocycles. The summed E-state index contributed by atoms with van der Waals surface area (Å²) in [6.45, 7) is 6.36. The topological polar surface area (TPSA) is 12.4 Å². The van der Waals surface area contributed by atoms with Gasteiger partial charge in [-0.25, -0.2) is 0 Å². The van der Waals surface area contributed by atoms with Crippen LogP contribution in [0.25, 0.3) is 0 Å². The molecule has 0 amide bonds. The van der Waals surface area contributed by atoms with E-state index >= 15 is 0 Å². The third kappa shape index (κ3) is 2.06. The summed E-state index contributed by atoms with van der Waals surface area (Å²) < 4.78 is 0. The van der Waals surface area contributed by atoms with Crippen molar-refractivity contribution in [3.05, 3.63) is 10.6 Å². The molecule has 62 valence electrons. The van der Waals surface area contributed by atoms with Gasteiger partial charge in [-0.2, -0.15) is 0 Å². The number of halogens is 1. The highest BCUT2D eigenvalue weighted by atomic mass is 35.5. The van der Waals surface area contributed by atoms with Crippen molar-refractivity contribution in [2.24, 2.45) is 10.9 Å². The summed E-state index contributed by atoms with van der Waals surface area (Å²) >= 11 is 6.06. The summed E-state index contributed by atoms with van der Waals surface area (Å²) in [6.07, 6.45) is 2.83. The first-order valence-corrected chi connectivity index (χ1v) is 4.40. The molecule has 1 unspecified atom stereocenters. The van der Waals surface area contributed by atoms with Crippen LogP contribution in [0.1, 0.15) is 27.2 Å². The molecule has 1 aliphatic rings. The van der Waals surface area contributed by atoms with E-state index < -0.39 is 0 Å². The molecule has 1 nitrogen and oxygen atoms in total. The zero-order valence-corrected chi connectivity index (χ0v) is 8.02. The Balaban J connectivity index is 2.80. The fourth-order valence-electron chi connectivity index (χ4n) is 1.17. The van der Waals surface area contributed by atoms with Crippen LogP contribution in [0.3, 0.4) is 0 Å². The second-order valence-electron chi connectivity index (χ2n) is 3.35. The average Bonchev–Trinajstić information content (AvgIpc) is 1.85.